The first-order valence-corrected chi connectivity index (χ1v) is 6.58. The fourth-order valence-corrected chi connectivity index (χ4v) is 3.31. The Morgan fingerprint density at radius 3 is 3.13 bits per heavy atom. The van der Waals surface area contributed by atoms with Crippen molar-refractivity contribution in [2.24, 2.45) is 11.7 Å². The maximum absolute atomic E-state index is 5.84. The molecule has 0 radical (unpaired) electrons. The minimum Gasteiger partial charge on any atom is -0.330 e. The highest BCUT2D eigenvalue weighted by Crippen LogP contribution is 2.37. The zero-order valence-electron chi connectivity index (χ0n) is 9.22. The lowest BCUT2D eigenvalue weighted by Gasteiger charge is -2.25. The van der Waals surface area contributed by atoms with Gasteiger partial charge in [0.05, 0.1) is 6.04 Å². The molecule has 2 N–H and O–H groups in total. The van der Waals surface area contributed by atoms with E-state index in [1.807, 2.05) is 6.20 Å². The van der Waals surface area contributed by atoms with Crippen LogP contribution in [0, 0.1) is 5.92 Å². The Kier molecular flexibility index (Phi) is 3.72. The fraction of sp³-hybridized carbons (Fsp3) is 0.727. The van der Waals surface area contributed by atoms with E-state index in [4.69, 9.17) is 5.73 Å². The molecule has 2 atom stereocenters. The van der Waals surface area contributed by atoms with Crippen molar-refractivity contribution in [2.75, 3.05) is 19.6 Å². The van der Waals surface area contributed by atoms with E-state index < -0.39 is 0 Å². The van der Waals surface area contributed by atoms with E-state index in [1.165, 1.54) is 30.9 Å². The summed E-state index contributed by atoms with van der Waals surface area (Å²) in [4.78, 5) is 6.99. The SMILES string of the molecule is CCCN1CCC(CN)C1c1nccs1. The summed E-state index contributed by atoms with van der Waals surface area (Å²) in [5.41, 5.74) is 5.84. The Labute approximate surface area is 95.3 Å². The number of hydrogen-bond donors (Lipinski definition) is 1. The van der Waals surface area contributed by atoms with Crippen LogP contribution in [0.25, 0.3) is 0 Å². The molecular formula is C11H19N3S. The molecule has 0 amide bonds. The molecule has 0 spiro atoms. The van der Waals surface area contributed by atoms with E-state index in [9.17, 15) is 0 Å². The summed E-state index contributed by atoms with van der Waals surface area (Å²) < 4.78 is 0. The maximum atomic E-state index is 5.84. The molecule has 0 aliphatic carbocycles. The van der Waals surface area contributed by atoms with Crippen molar-refractivity contribution in [1.29, 1.82) is 0 Å². The Morgan fingerprint density at radius 2 is 2.53 bits per heavy atom. The summed E-state index contributed by atoms with van der Waals surface area (Å²) in [6, 6.07) is 0.481. The molecule has 1 aromatic rings. The summed E-state index contributed by atoms with van der Waals surface area (Å²) in [7, 11) is 0. The Bertz CT molecular complexity index is 286. The summed E-state index contributed by atoms with van der Waals surface area (Å²) in [5, 5.41) is 3.31. The van der Waals surface area contributed by atoms with Crippen LogP contribution in [0.15, 0.2) is 11.6 Å². The molecule has 0 bridgehead atoms. The van der Waals surface area contributed by atoms with Crippen molar-refractivity contribution in [2.45, 2.75) is 25.8 Å². The highest BCUT2D eigenvalue weighted by molar-refractivity contribution is 7.09. The number of hydrogen-bond acceptors (Lipinski definition) is 4. The first-order valence-electron chi connectivity index (χ1n) is 5.70. The van der Waals surface area contributed by atoms with Gasteiger partial charge in [0.25, 0.3) is 0 Å². The van der Waals surface area contributed by atoms with Crippen LogP contribution < -0.4 is 5.73 Å². The normalized spacial score (nSPS) is 27.3. The fourth-order valence-electron chi connectivity index (χ4n) is 2.45. The Morgan fingerprint density at radius 1 is 1.67 bits per heavy atom. The summed E-state index contributed by atoms with van der Waals surface area (Å²) in [5.74, 6) is 0.600. The average Bonchev–Trinajstić information content (AvgIpc) is 2.85. The van der Waals surface area contributed by atoms with Crippen molar-refractivity contribution in [3.63, 3.8) is 0 Å². The quantitative estimate of drug-likeness (QED) is 0.850. The third kappa shape index (κ3) is 2.22. The number of aromatic nitrogens is 1. The second-order valence-corrected chi connectivity index (χ2v) is 5.06. The summed E-state index contributed by atoms with van der Waals surface area (Å²) >= 11 is 1.76. The molecule has 2 heterocycles. The molecule has 15 heavy (non-hydrogen) atoms. The number of likely N-dealkylation sites (tertiary alicyclic amines) is 1. The van der Waals surface area contributed by atoms with Crippen LogP contribution in [0.4, 0.5) is 0 Å². The van der Waals surface area contributed by atoms with Gasteiger partial charge in [0.1, 0.15) is 5.01 Å². The van der Waals surface area contributed by atoms with Crippen LogP contribution in [-0.2, 0) is 0 Å². The van der Waals surface area contributed by atoms with E-state index in [1.54, 1.807) is 11.3 Å². The minimum absolute atomic E-state index is 0.481. The van der Waals surface area contributed by atoms with Gasteiger partial charge in [0.15, 0.2) is 0 Å². The standard InChI is InChI=1S/C11H19N3S/c1-2-5-14-6-3-9(8-12)10(14)11-13-4-7-15-11/h4,7,9-10H,2-3,5-6,8,12H2,1H3. The third-order valence-electron chi connectivity index (χ3n) is 3.15. The van der Waals surface area contributed by atoms with Gasteiger partial charge in [-0.2, -0.15) is 0 Å². The molecule has 84 valence electrons. The van der Waals surface area contributed by atoms with Gasteiger partial charge < -0.3 is 5.73 Å². The molecule has 2 rings (SSSR count). The van der Waals surface area contributed by atoms with E-state index in [-0.39, 0.29) is 0 Å². The molecule has 1 aliphatic heterocycles. The van der Waals surface area contributed by atoms with Crippen molar-refractivity contribution in [1.82, 2.24) is 9.88 Å². The second-order valence-electron chi connectivity index (χ2n) is 4.14. The molecule has 1 aromatic heterocycles. The predicted octanol–water partition coefficient (Wildman–Crippen LogP) is 1.87. The molecule has 4 heteroatoms. The van der Waals surface area contributed by atoms with Crippen LogP contribution in [0.3, 0.4) is 0 Å². The topological polar surface area (TPSA) is 42.1 Å². The molecular weight excluding hydrogens is 206 g/mol. The minimum atomic E-state index is 0.481. The lowest BCUT2D eigenvalue weighted by Crippen LogP contribution is -2.28. The van der Waals surface area contributed by atoms with Crippen LogP contribution in [0.1, 0.15) is 30.8 Å². The number of thiazole rings is 1. The second kappa shape index (κ2) is 5.05. The molecule has 1 aliphatic rings. The Balaban J connectivity index is 2.15. The van der Waals surface area contributed by atoms with Crippen molar-refractivity contribution in [3.05, 3.63) is 16.6 Å². The van der Waals surface area contributed by atoms with E-state index in [0.29, 0.717) is 12.0 Å². The average molecular weight is 225 g/mol. The lowest BCUT2D eigenvalue weighted by molar-refractivity contribution is 0.230. The van der Waals surface area contributed by atoms with Gasteiger partial charge in [-0.15, -0.1) is 11.3 Å². The van der Waals surface area contributed by atoms with Crippen molar-refractivity contribution >= 4 is 11.3 Å². The monoisotopic (exact) mass is 225 g/mol. The molecule has 3 nitrogen and oxygen atoms in total. The predicted molar refractivity (Wildman–Crippen MR) is 63.9 cm³/mol. The van der Waals surface area contributed by atoms with Gasteiger partial charge in [0, 0.05) is 11.6 Å². The zero-order valence-corrected chi connectivity index (χ0v) is 10.0. The van der Waals surface area contributed by atoms with Gasteiger partial charge in [-0.3, -0.25) is 4.90 Å². The van der Waals surface area contributed by atoms with Crippen LogP contribution in [0.5, 0.6) is 0 Å². The maximum Gasteiger partial charge on any atom is 0.110 e. The van der Waals surface area contributed by atoms with Crippen molar-refractivity contribution in [3.8, 4) is 0 Å². The highest BCUT2D eigenvalue weighted by Gasteiger charge is 2.35. The summed E-state index contributed by atoms with van der Waals surface area (Å²) in [6.45, 7) is 5.36. The van der Waals surface area contributed by atoms with Gasteiger partial charge in [-0.1, -0.05) is 6.92 Å². The van der Waals surface area contributed by atoms with Crippen LogP contribution >= 0.6 is 11.3 Å². The van der Waals surface area contributed by atoms with Gasteiger partial charge in [-0.05, 0) is 38.4 Å². The number of rotatable bonds is 4. The van der Waals surface area contributed by atoms with E-state index in [2.05, 4.69) is 22.2 Å². The van der Waals surface area contributed by atoms with E-state index in [0.717, 1.165) is 6.54 Å². The number of nitrogens with two attached hydrogens (primary N) is 1. The van der Waals surface area contributed by atoms with Crippen LogP contribution in [-0.4, -0.2) is 29.5 Å². The van der Waals surface area contributed by atoms with Crippen LogP contribution in [0.2, 0.25) is 0 Å². The van der Waals surface area contributed by atoms with Crippen molar-refractivity contribution < 1.29 is 0 Å². The van der Waals surface area contributed by atoms with Gasteiger partial charge in [-0.25, -0.2) is 4.98 Å². The molecule has 2 unspecified atom stereocenters. The smallest absolute Gasteiger partial charge is 0.110 e. The molecule has 0 aromatic carbocycles. The zero-order chi connectivity index (χ0) is 10.7. The van der Waals surface area contributed by atoms with E-state index >= 15 is 0 Å². The third-order valence-corrected chi connectivity index (χ3v) is 3.99. The first kappa shape index (κ1) is 11.0. The molecule has 1 saturated heterocycles. The molecule has 0 saturated carbocycles. The largest absolute Gasteiger partial charge is 0.330 e. The van der Waals surface area contributed by atoms with Gasteiger partial charge in [0.2, 0.25) is 0 Å². The Hall–Kier alpha value is -0.450. The van der Waals surface area contributed by atoms with Gasteiger partial charge >= 0.3 is 0 Å². The first-order chi connectivity index (χ1) is 7.36. The molecule has 1 fully saturated rings. The lowest BCUT2D eigenvalue weighted by atomic mass is 10.0. The number of nitrogens with zero attached hydrogens (tertiary/aromatic N) is 2. The highest BCUT2D eigenvalue weighted by atomic mass is 32.1. The summed E-state index contributed by atoms with van der Waals surface area (Å²) in [6.07, 6.45) is 4.33.